The minimum atomic E-state index is -0.761. The zero-order chi connectivity index (χ0) is 47.9. The van der Waals surface area contributed by atoms with Crippen LogP contribution in [0, 0.1) is 0 Å². The maximum atomic E-state index is 12.8. The van der Waals surface area contributed by atoms with E-state index in [0.29, 0.717) is 19.3 Å². The zero-order valence-electron chi connectivity index (χ0n) is 44.7. The number of unbranched alkanes of at least 4 members (excludes halogenated alkanes) is 42. The van der Waals surface area contributed by atoms with E-state index in [0.717, 1.165) is 57.8 Å². The standard InChI is InChI=1S/C60H114O6/c1-4-7-10-13-16-18-20-22-23-24-25-26-27-28-29-30-31-32-33-34-35-36-37-38-40-41-44-47-50-53-59(62)65-56-57(55-64-58(61)52-49-46-43-15-12-9-6-3)66-60(63)54-51-48-45-42-39-21-19-17-14-11-8-5-2/h24-25,57H,4-23,26-56H2,1-3H3/b25-24-. The van der Waals surface area contributed by atoms with Crippen LogP contribution in [0.25, 0.3) is 0 Å². The first-order valence-electron chi connectivity index (χ1n) is 29.7. The highest BCUT2D eigenvalue weighted by atomic mass is 16.6. The Morgan fingerprint density at radius 3 is 0.758 bits per heavy atom. The summed E-state index contributed by atoms with van der Waals surface area (Å²) in [6.45, 7) is 6.64. The van der Waals surface area contributed by atoms with Crippen molar-refractivity contribution in [2.75, 3.05) is 13.2 Å². The average molecular weight is 932 g/mol. The summed E-state index contributed by atoms with van der Waals surface area (Å²) in [5, 5.41) is 0. The monoisotopic (exact) mass is 931 g/mol. The predicted molar refractivity (Wildman–Crippen MR) is 284 cm³/mol. The van der Waals surface area contributed by atoms with Crippen LogP contribution in [0.2, 0.25) is 0 Å². The minimum absolute atomic E-state index is 0.0640. The fourth-order valence-corrected chi connectivity index (χ4v) is 9.03. The van der Waals surface area contributed by atoms with Crippen LogP contribution in [0.5, 0.6) is 0 Å². The molecule has 1 atom stereocenters. The molecular formula is C60H114O6. The summed E-state index contributed by atoms with van der Waals surface area (Å²) in [6, 6.07) is 0. The van der Waals surface area contributed by atoms with Crippen molar-refractivity contribution in [3.05, 3.63) is 12.2 Å². The molecule has 0 heterocycles. The first kappa shape index (κ1) is 64.2. The minimum Gasteiger partial charge on any atom is -0.462 e. The summed E-state index contributed by atoms with van der Waals surface area (Å²) >= 11 is 0. The fourth-order valence-electron chi connectivity index (χ4n) is 9.03. The SMILES string of the molecule is CCCCCCCCCC/C=C\CCCCCCCCCCCCCCCCCCCC(=O)OCC(COC(=O)CCCCCCCCC)OC(=O)CCCCCCCCCCCCCC. The molecular weight excluding hydrogens is 817 g/mol. The molecule has 1 unspecified atom stereocenters. The molecule has 0 N–H and O–H groups in total. The van der Waals surface area contributed by atoms with Gasteiger partial charge in [0.2, 0.25) is 0 Å². The Hall–Kier alpha value is -1.85. The number of esters is 3. The lowest BCUT2D eigenvalue weighted by Gasteiger charge is -2.18. The third kappa shape index (κ3) is 53.1. The highest BCUT2D eigenvalue weighted by Gasteiger charge is 2.19. The van der Waals surface area contributed by atoms with E-state index >= 15 is 0 Å². The Labute approximate surface area is 411 Å². The lowest BCUT2D eigenvalue weighted by atomic mass is 10.0. The number of carbonyl (C=O) groups is 3. The second-order valence-electron chi connectivity index (χ2n) is 20.3. The van der Waals surface area contributed by atoms with Crippen LogP contribution < -0.4 is 0 Å². The number of allylic oxidation sites excluding steroid dienone is 2. The van der Waals surface area contributed by atoms with Gasteiger partial charge in [0.25, 0.3) is 0 Å². The third-order valence-electron chi connectivity index (χ3n) is 13.5. The Morgan fingerprint density at radius 2 is 0.500 bits per heavy atom. The highest BCUT2D eigenvalue weighted by Crippen LogP contribution is 2.17. The fraction of sp³-hybridized carbons (Fsp3) is 0.917. The van der Waals surface area contributed by atoms with Crippen LogP contribution in [0.15, 0.2) is 12.2 Å². The highest BCUT2D eigenvalue weighted by molar-refractivity contribution is 5.71. The lowest BCUT2D eigenvalue weighted by molar-refractivity contribution is -0.167. The summed E-state index contributed by atoms with van der Waals surface area (Å²) in [5.41, 5.74) is 0. The van der Waals surface area contributed by atoms with E-state index in [1.165, 1.54) is 238 Å². The van der Waals surface area contributed by atoms with Gasteiger partial charge in [-0.1, -0.05) is 283 Å². The van der Waals surface area contributed by atoms with Crippen molar-refractivity contribution in [3.8, 4) is 0 Å². The van der Waals surface area contributed by atoms with E-state index < -0.39 is 6.10 Å². The molecule has 0 saturated heterocycles. The largest absolute Gasteiger partial charge is 0.462 e. The van der Waals surface area contributed by atoms with Crippen LogP contribution in [-0.4, -0.2) is 37.2 Å². The molecule has 0 aliphatic carbocycles. The molecule has 0 fully saturated rings. The van der Waals surface area contributed by atoms with Gasteiger partial charge < -0.3 is 14.2 Å². The van der Waals surface area contributed by atoms with Gasteiger partial charge in [-0.15, -0.1) is 0 Å². The first-order valence-corrected chi connectivity index (χ1v) is 29.7. The van der Waals surface area contributed by atoms with Crippen LogP contribution in [0.4, 0.5) is 0 Å². The van der Waals surface area contributed by atoms with Crippen LogP contribution in [0.1, 0.15) is 335 Å². The van der Waals surface area contributed by atoms with E-state index in [1.807, 2.05) is 0 Å². The molecule has 0 aliphatic heterocycles. The van der Waals surface area contributed by atoms with Crippen LogP contribution >= 0.6 is 0 Å². The van der Waals surface area contributed by atoms with Gasteiger partial charge in [0.1, 0.15) is 13.2 Å². The quantitative estimate of drug-likeness (QED) is 0.0262. The normalized spacial score (nSPS) is 12.0. The lowest BCUT2D eigenvalue weighted by Crippen LogP contribution is -2.30. The van der Waals surface area contributed by atoms with Crippen molar-refractivity contribution < 1.29 is 28.6 Å². The maximum absolute atomic E-state index is 12.8. The molecule has 0 rings (SSSR count). The van der Waals surface area contributed by atoms with Gasteiger partial charge in [0, 0.05) is 19.3 Å². The Bertz CT molecular complexity index is 1020. The molecule has 6 heteroatoms. The molecule has 390 valence electrons. The van der Waals surface area contributed by atoms with Crippen molar-refractivity contribution >= 4 is 17.9 Å². The molecule has 0 radical (unpaired) electrons. The van der Waals surface area contributed by atoms with Gasteiger partial charge in [0.15, 0.2) is 6.10 Å². The number of hydrogen-bond donors (Lipinski definition) is 0. The van der Waals surface area contributed by atoms with Crippen LogP contribution in [-0.2, 0) is 28.6 Å². The van der Waals surface area contributed by atoms with E-state index in [-0.39, 0.29) is 31.1 Å². The molecule has 0 aromatic rings. The molecule has 0 aromatic heterocycles. The van der Waals surface area contributed by atoms with Gasteiger partial charge in [0.05, 0.1) is 0 Å². The molecule has 0 saturated carbocycles. The molecule has 6 nitrogen and oxygen atoms in total. The van der Waals surface area contributed by atoms with Crippen molar-refractivity contribution in [2.45, 2.75) is 341 Å². The second kappa shape index (κ2) is 55.7. The third-order valence-corrected chi connectivity index (χ3v) is 13.5. The molecule has 0 spiro atoms. The molecule has 0 aliphatic rings. The van der Waals surface area contributed by atoms with Crippen molar-refractivity contribution in [2.24, 2.45) is 0 Å². The molecule has 0 amide bonds. The zero-order valence-corrected chi connectivity index (χ0v) is 44.7. The average Bonchev–Trinajstić information content (AvgIpc) is 3.31. The first-order chi connectivity index (χ1) is 32.5. The summed E-state index contributed by atoms with van der Waals surface area (Å²) in [5.74, 6) is -0.851. The van der Waals surface area contributed by atoms with E-state index in [4.69, 9.17) is 14.2 Å². The smallest absolute Gasteiger partial charge is 0.306 e. The molecule has 66 heavy (non-hydrogen) atoms. The van der Waals surface area contributed by atoms with Gasteiger partial charge in [-0.25, -0.2) is 0 Å². The molecule has 0 bridgehead atoms. The Morgan fingerprint density at radius 1 is 0.288 bits per heavy atom. The maximum Gasteiger partial charge on any atom is 0.306 e. The van der Waals surface area contributed by atoms with Gasteiger partial charge >= 0.3 is 17.9 Å². The number of hydrogen-bond acceptors (Lipinski definition) is 6. The van der Waals surface area contributed by atoms with Gasteiger partial charge in [-0.05, 0) is 44.9 Å². The van der Waals surface area contributed by atoms with Crippen LogP contribution in [0.3, 0.4) is 0 Å². The summed E-state index contributed by atoms with van der Waals surface area (Å²) < 4.78 is 16.8. The second-order valence-corrected chi connectivity index (χ2v) is 20.3. The summed E-state index contributed by atoms with van der Waals surface area (Å²) in [7, 11) is 0. The van der Waals surface area contributed by atoms with Gasteiger partial charge in [-0.3, -0.25) is 14.4 Å². The van der Waals surface area contributed by atoms with E-state index in [1.54, 1.807) is 0 Å². The summed E-state index contributed by atoms with van der Waals surface area (Å²) in [6.07, 6.45) is 63.9. The number of carbonyl (C=O) groups excluding carboxylic acids is 3. The summed E-state index contributed by atoms with van der Waals surface area (Å²) in [4.78, 5) is 37.8. The van der Waals surface area contributed by atoms with Crippen molar-refractivity contribution in [1.82, 2.24) is 0 Å². The Kier molecular flexibility index (Phi) is 54.2. The number of rotatable bonds is 55. The van der Waals surface area contributed by atoms with E-state index in [2.05, 4.69) is 32.9 Å². The van der Waals surface area contributed by atoms with Gasteiger partial charge in [-0.2, -0.15) is 0 Å². The molecule has 0 aromatic carbocycles. The Balaban J connectivity index is 3.96. The predicted octanol–water partition coefficient (Wildman–Crippen LogP) is 19.7. The topological polar surface area (TPSA) is 78.9 Å². The number of ether oxygens (including phenoxy) is 3. The van der Waals surface area contributed by atoms with Crippen molar-refractivity contribution in [1.29, 1.82) is 0 Å². The van der Waals surface area contributed by atoms with Crippen molar-refractivity contribution in [3.63, 3.8) is 0 Å². The van der Waals surface area contributed by atoms with E-state index in [9.17, 15) is 14.4 Å².